The molecule has 1 atom stereocenters. The molecule has 2 aliphatic rings. The molecule has 0 unspecified atom stereocenters. The number of nitrogens with zero attached hydrogens (tertiary/aromatic N) is 2. The SMILES string of the molecule is N#CC1(c2ccccc2)CCN(C(=O)N[C@@H]2CCNC2=O)CC1. The van der Waals surface area contributed by atoms with Crippen molar-refractivity contribution in [1.29, 1.82) is 5.26 Å². The first kappa shape index (κ1) is 15.3. The summed E-state index contributed by atoms with van der Waals surface area (Å²) in [6, 6.07) is 11.6. The minimum Gasteiger partial charge on any atom is -0.354 e. The fourth-order valence-electron chi connectivity index (χ4n) is 3.29. The molecule has 1 aromatic carbocycles. The van der Waals surface area contributed by atoms with Crippen LogP contribution in [0.15, 0.2) is 30.3 Å². The number of hydrogen-bond acceptors (Lipinski definition) is 3. The third-order valence-corrected chi connectivity index (χ3v) is 4.79. The Bertz CT molecular complexity index is 630. The van der Waals surface area contributed by atoms with Crippen LogP contribution >= 0.6 is 0 Å². The molecule has 2 N–H and O–H groups in total. The number of nitrogens with one attached hydrogen (secondary N) is 2. The van der Waals surface area contributed by atoms with Crippen molar-refractivity contribution in [3.8, 4) is 6.07 Å². The van der Waals surface area contributed by atoms with Gasteiger partial charge in [0.25, 0.3) is 0 Å². The highest BCUT2D eigenvalue weighted by molar-refractivity contribution is 5.88. The van der Waals surface area contributed by atoms with Gasteiger partial charge in [-0.15, -0.1) is 0 Å². The predicted octanol–water partition coefficient (Wildman–Crippen LogP) is 1.14. The lowest BCUT2D eigenvalue weighted by Gasteiger charge is -2.37. The average molecular weight is 312 g/mol. The quantitative estimate of drug-likeness (QED) is 0.859. The second kappa shape index (κ2) is 6.29. The summed E-state index contributed by atoms with van der Waals surface area (Å²) >= 11 is 0. The van der Waals surface area contributed by atoms with Crippen LogP contribution in [-0.2, 0) is 10.2 Å². The number of urea groups is 1. The van der Waals surface area contributed by atoms with Crippen LogP contribution in [0.25, 0.3) is 0 Å². The predicted molar refractivity (Wildman–Crippen MR) is 84.5 cm³/mol. The van der Waals surface area contributed by atoms with E-state index in [0.717, 1.165) is 5.56 Å². The average Bonchev–Trinajstić information content (AvgIpc) is 3.00. The highest BCUT2D eigenvalue weighted by atomic mass is 16.2. The number of benzene rings is 1. The van der Waals surface area contributed by atoms with Crippen LogP contribution in [0.5, 0.6) is 0 Å². The van der Waals surface area contributed by atoms with E-state index in [1.165, 1.54) is 0 Å². The molecule has 0 bridgehead atoms. The first-order valence-electron chi connectivity index (χ1n) is 7.94. The molecule has 1 aromatic rings. The summed E-state index contributed by atoms with van der Waals surface area (Å²) < 4.78 is 0. The van der Waals surface area contributed by atoms with Gasteiger partial charge in [0, 0.05) is 19.6 Å². The van der Waals surface area contributed by atoms with Gasteiger partial charge in [-0.25, -0.2) is 4.79 Å². The van der Waals surface area contributed by atoms with Crippen molar-refractivity contribution in [3.05, 3.63) is 35.9 Å². The second-order valence-corrected chi connectivity index (χ2v) is 6.13. The van der Waals surface area contributed by atoms with E-state index < -0.39 is 11.5 Å². The third kappa shape index (κ3) is 3.00. The number of carbonyl (C=O) groups excluding carboxylic acids is 2. The number of hydrogen-bond donors (Lipinski definition) is 2. The molecule has 2 saturated heterocycles. The Kier molecular flexibility index (Phi) is 4.20. The first-order valence-corrected chi connectivity index (χ1v) is 7.94. The van der Waals surface area contributed by atoms with Gasteiger partial charge in [0.05, 0.1) is 11.5 Å². The Morgan fingerprint density at radius 1 is 1.30 bits per heavy atom. The lowest BCUT2D eigenvalue weighted by molar-refractivity contribution is -0.120. The molecule has 23 heavy (non-hydrogen) atoms. The van der Waals surface area contributed by atoms with Gasteiger partial charge in [-0.2, -0.15) is 5.26 Å². The van der Waals surface area contributed by atoms with E-state index in [0.29, 0.717) is 38.9 Å². The van der Waals surface area contributed by atoms with Crippen LogP contribution in [0.3, 0.4) is 0 Å². The van der Waals surface area contributed by atoms with E-state index in [1.54, 1.807) is 4.90 Å². The summed E-state index contributed by atoms with van der Waals surface area (Å²) in [4.78, 5) is 25.5. The van der Waals surface area contributed by atoms with Gasteiger partial charge in [-0.1, -0.05) is 30.3 Å². The fraction of sp³-hybridized carbons (Fsp3) is 0.471. The Hall–Kier alpha value is -2.55. The molecule has 6 heteroatoms. The second-order valence-electron chi connectivity index (χ2n) is 6.13. The largest absolute Gasteiger partial charge is 0.354 e. The van der Waals surface area contributed by atoms with Crippen molar-refractivity contribution in [2.45, 2.75) is 30.7 Å². The van der Waals surface area contributed by atoms with Crippen molar-refractivity contribution < 1.29 is 9.59 Å². The number of carbonyl (C=O) groups is 2. The van der Waals surface area contributed by atoms with Gasteiger partial charge in [0.1, 0.15) is 6.04 Å². The zero-order valence-corrected chi connectivity index (χ0v) is 12.9. The van der Waals surface area contributed by atoms with Crippen molar-refractivity contribution in [2.75, 3.05) is 19.6 Å². The summed E-state index contributed by atoms with van der Waals surface area (Å²) in [6.07, 6.45) is 1.85. The van der Waals surface area contributed by atoms with Crippen LogP contribution < -0.4 is 10.6 Å². The smallest absolute Gasteiger partial charge is 0.318 e. The molecule has 0 spiro atoms. The van der Waals surface area contributed by atoms with Gasteiger partial charge in [-0.05, 0) is 24.8 Å². The highest BCUT2D eigenvalue weighted by Crippen LogP contribution is 2.34. The maximum Gasteiger partial charge on any atom is 0.318 e. The van der Waals surface area contributed by atoms with E-state index in [-0.39, 0.29) is 11.9 Å². The Morgan fingerprint density at radius 2 is 2.00 bits per heavy atom. The third-order valence-electron chi connectivity index (χ3n) is 4.79. The van der Waals surface area contributed by atoms with Crippen molar-refractivity contribution in [3.63, 3.8) is 0 Å². The number of rotatable bonds is 2. The molecule has 2 aliphatic heterocycles. The van der Waals surface area contributed by atoms with E-state index in [1.807, 2.05) is 30.3 Å². The molecule has 2 fully saturated rings. The first-order chi connectivity index (χ1) is 11.1. The lowest BCUT2D eigenvalue weighted by Crippen LogP contribution is -2.52. The molecule has 6 nitrogen and oxygen atoms in total. The Labute approximate surface area is 135 Å². The van der Waals surface area contributed by atoms with Gasteiger partial charge in [0.2, 0.25) is 5.91 Å². The molecule has 0 saturated carbocycles. The lowest BCUT2D eigenvalue weighted by atomic mass is 9.74. The molecule has 0 radical (unpaired) electrons. The molecule has 3 rings (SSSR count). The van der Waals surface area contributed by atoms with Crippen LogP contribution in [0.1, 0.15) is 24.8 Å². The van der Waals surface area contributed by atoms with Crippen molar-refractivity contribution in [2.24, 2.45) is 0 Å². The summed E-state index contributed by atoms with van der Waals surface area (Å²) in [5.41, 5.74) is 0.487. The van der Waals surface area contributed by atoms with Crippen molar-refractivity contribution in [1.82, 2.24) is 15.5 Å². The molecular formula is C17H20N4O2. The van der Waals surface area contributed by atoms with Crippen molar-refractivity contribution >= 4 is 11.9 Å². The minimum atomic E-state index is -0.525. The number of amides is 3. The monoisotopic (exact) mass is 312 g/mol. The molecule has 0 aromatic heterocycles. The molecule has 120 valence electrons. The minimum absolute atomic E-state index is 0.119. The van der Waals surface area contributed by atoms with Crippen LogP contribution in [-0.4, -0.2) is 42.5 Å². The zero-order chi connectivity index (χ0) is 16.3. The molecule has 2 heterocycles. The number of likely N-dealkylation sites (tertiary alicyclic amines) is 1. The fourth-order valence-corrected chi connectivity index (χ4v) is 3.29. The summed E-state index contributed by atoms with van der Waals surface area (Å²) in [5, 5.41) is 15.1. The van der Waals surface area contributed by atoms with Gasteiger partial charge in [0.15, 0.2) is 0 Å². The van der Waals surface area contributed by atoms with Gasteiger partial charge < -0.3 is 15.5 Å². The molecule has 3 amide bonds. The van der Waals surface area contributed by atoms with E-state index in [4.69, 9.17) is 0 Å². The highest BCUT2D eigenvalue weighted by Gasteiger charge is 2.38. The molecule has 0 aliphatic carbocycles. The Balaban J connectivity index is 1.62. The number of piperidine rings is 1. The normalized spacial score (nSPS) is 23.0. The molecular weight excluding hydrogens is 292 g/mol. The van der Waals surface area contributed by atoms with E-state index in [9.17, 15) is 14.9 Å². The van der Waals surface area contributed by atoms with Crippen LogP contribution in [0.4, 0.5) is 4.79 Å². The maximum atomic E-state index is 12.3. The Morgan fingerprint density at radius 3 is 2.57 bits per heavy atom. The summed E-state index contributed by atoms with van der Waals surface area (Å²) in [5.74, 6) is -0.119. The van der Waals surface area contributed by atoms with E-state index >= 15 is 0 Å². The van der Waals surface area contributed by atoms with E-state index in [2.05, 4.69) is 16.7 Å². The summed E-state index contributed by atoms with van der Waals surface area (Å²) in [7, 11) is 0. The van der Waals surface area contributed by atoms with Crippen LogP contribution in [0, 0.1) is 11.3 Å². The summed E-state index contributed by atoms with van der Waals surface area (Å²) in [6.45, 7) is 1.64. The maximum absolute atomic E-state index is 12.3. The number of nitriles is 1. The van der Waals surface area contributed by atoms with Gasteiger partial charge in [-0.3, -0.25) is 4.79 Å². The zero-order valence-electron chi connectivity index (χ0n) is 12.9. The van der Waals surface area contributed by atoms with Crippen LogP contribution in [0.2, 0.25) is 0 Å². The topological polar surface area (TPSA) is 85.2 Å². The standard InChI is InChI=1S/C17H20N4O2/c18-12-17(13-4-2-1-3-5-13)7-10-21(11-8-17)16(23)20-14-6-9-19-15(14)22/h1-5,14H,6-11H2,(H,19,22)(H,20,23)/t14-/m1/s1. The van der Waals surface area contributed by atoms with Gasteiger partial charge >= 0.3 is 6.03 Å².